The molecule has 0 unspecified atom stereocenters. The van der Waals surface area contributed by atoms with Crippen molar-refractivity contribution in [2.75, 3.05) is 18.5 Å². The van der Waals surface area contributed by atoms with Gasteiger partial charge in [-0.2, -0.15) is 0 Å². The molecule has 1 rings (SSSR count). The van der Waals surface area contributed by atoms with Gasteiger partial charge in [0.2, 0.25) is 5.91 Å². The first-order chi connectivity index (χ1) is 30.7. The number of hydrogen-bond donors (Lipinski definition) is 1. The van der Waals surface area contributed by atoms with E-state index in [1.165, 1.54) is 135 Å². The van der Waals surface area contributed by atoms with E-state index in [0.717, 1.165) is 64.2 Å². The van der Waals surface area contributed by atoms with Crippen molar-refractivity contribution < 1.29 is 42.9 Å². The lowest BCUT2D eigenvalue weighted by Crippen LogP contribution is -2.30. The smallest absolute Gasteiger partial charge is 0.311 e. The molecule has 0 aliphatic carbocycles. The van der Waals surface area contributed by atoms with Crippen LogP contribution in [0, 0.1) is 0 Å². The third-order valence-corrected chi connectivity index (χ3v) is 11.5. The summed E-state index contributed by atoms with van der Waals surface area (Å²) in [5, 5.41) is 2.68. The Morgan fingerprint density at radius 2 is 0.714 bits per heavy atom. The lowest BCUT2D eigenvalue weighted by Gasteiger charge is -2.18. The molecule has 0 aromatic heterocycles. The zero-order chi connectivity index (χ0) is 45.9. The minimum atomic E-state index is -0.835. The van der Waals surface area contributed by atoms with E-state index in [0.29, 0.717) is 43.5 Å². The normalized spacial score (nSPS) is 11.1. The molecular weight excluding hydrogens is 795 g/mol. The van der Waals surface area contributed by atoms with Crippen LogP contribution in [0.4, 0.5) is 5.69 Å². The van der Waals surface area contributed by atoms with Crippen molar-refractivity contribution in [3.8, 4) is 5.75 Å². The average Bonchev–Trinajstić information content (AvgIpc) is 3.26. The first-order valence-electron chi connectivity index (χ1n) is 25.8. The van der Waals surface area contributed by atoms with Crippen molar-refractivity contribution in [2.45, 2.75) is 258 Å². The van der Waals surface area contributed by atoms with Crippen molar-refractivity contribution in [3.05, 3.63) is 24.3 Å². The Morgan fingerprint density at radius 1 is 0.413 bits per heavy atom. The number of carbonyl (C=O) groups is 5. The SMILES string of the molecule is CCCCCCCCCCCCCCCC(=O)OCC(COC(=O)CCCCCCCCCCCCCCC)OC(=O)CCCCCCCCC(=O)Oc1ccc(NC(C)=O)cc1. The first-order valence-corrected chi connectivity index (χ1v) is 25.8. The number of amides is 1. The molecule has 0 saturated heterocycles. The van der Waals surface area contributed by atoms with Crippen molar-refractivity contribution in [3.63, 3.8) is 0 Å². The molecule has 0 aliphatic rings. The Labute approximate surface area is 383 Å². The molecule has 10 heteroatoms. The fraction of sp³-hybridized carbons (Fsp3) is 0.792. The van der Waals surface area contributed by atoms with E-state index in [1.807, 2.05) is 0 Å². The van der Waals surface area contributed by atoms with E-state index >= 15 is 0 Å². The number of nitrogens with one attached hydrogen (secondary N) is 1. The summed E-state index contributed by atoms with van der Waals surface area (Å²) in [5.74, 6) is -1.05. The highest BCUT2D eigenvalue weighted by Crippen LogP contribution is 2.19. The highest BCUT2D eigenvalue weighted by molar-refractivity contribution is 5.88. The summed E-state index contributed by atoms with van der Waals surface area (Å²) in [6, 6.07) is 6.68. The number of unbranched alkanes of at least 4 members (excludes halogenated alkanes) is 29. The second-order valence-electron chi connectivity index (χ2n) is 17.8. The zero-order valence-corrected chi connectivity index (χ0v) is 40.4. The number of hydrogen-bond acceptors (Lipinski definition) is 9. The summed E-state index contributed by atoms with van der Waals surface area (Å²) in [4.78, 5) is 61.4. The van der Waals surface area contributed by atoms with Crippen LogP contribution in [0.25, 0.3) is 0 Å². The molecule has 1 aromatic carbocycles. The maximum absolute atomic E-state index is 12.8. The fourth-order valence-electron chi connectivity index (χ4n) is 7.69. The van der Waals surface area contributed by atoms with Crippen LogP contribution in [-0.2, 0) is 38.2 Å². The van der Waals surface area contributed by atoms with Crippen molar-refractivity contribution in [1.29, 1.82) is 0 Å². The second kappa shape index (κ2) is 42.5. The minimum absolute atomic E-state index is 0.125. The van der Waals surface area contributed by atoms with Crippen LogP contribution in [0.5, 0.6) is 5.75 Å². The average molecular weight is 886 g/mol. The third kappa shape index (κ3) is 38.7. The van der Waals surface area contributed by atoms with Crippen LogP contribution in [0.1, 0.15) is 252 Å². The van der Waals surface area contributed by atoms with Gasteiger partial charge in [-0.15, -0.1) is 0 Å². The van der Waals surface area contributed by atoms with E-state index in [1.54, 1.807) is 24.3 Å². The van der Waals surface area contributed by atoms with Gasteiger partial charge in [-0.05, 0) is 49.9 Å². The standard InChI is InChI=1S/C53H91NO9/c1-4-6-8-10-12-14-16-18-20-22-24-28-32-36-50(56)60-44-49(45-61-51(57)37-33-29-25-23-21-19-17-15-13-11-9-7-5-2)63-53(59)39-35-31-27-26-30-34-38-52(58)62-48-42-40-47(41-43-48)54-46(3)55/h40-43,49H,4-39,44-45H2,1-3H3,(H,54,55). The maximum atomic E-state index is 12.8. The van der Waals surface area contributed by atoms with Crippen molar-refractivity contribution in [2.24, 2.45) is 0 Å². The highest BCUT2D eigenvalue weighted by atomic mass is 16.6. The number of anilines is 1. The van der Waals surface area contributed by atoms with Crippen LogP contribution in [0.15, 0.2) is 24.3 Å². The highest BCUT2D eigenvalue weighted by Gasteiger charge is 2.19. The Kier molecular flexibility index (Phi) is 38.9. The Hall–Kier alpha value is -3.43. The molecule has 10 nitrogen and oxygen atoms in total. The lowest BCUT2D eigenvalue weighted by atomic mass is 10.0. The minimum Gasteiger partial charge on any atom is -0.462 e. The predicted molar refractivity (Wildman–Crippen MR) is 256 cm³/mol. The molecule has 1 aromatic rings. The van der Waals surface area contributed by atoms with Gasteiger partial charge in [0.25, 0.3) is 0 Å². The number of esters is 4. The van der Waals surface area contributed by atoms with Gasteiger partial charge in [0.15, 0.2) is 6.10 Å². The van der Waals surface area contributed by atoms with E-state index in [4.69, 9.17) is 18.9 Å². The van der Waals surface area contributed by atoms with Gasteiger partial charge >= 0.3 is 23.9 Å². The molecule has 0 bridgehead atoms. The van der Waals surface area contributed by atoms with Gasteiger partial charge in [-0.3, -0.25) is 24.0 Å². The van der Waals surface area contributed by atoms with Crippen molar-refractivity contribution >= 4 is 35.5 Å². The molecule has 0 radical (unpaired) electrons. The molecule has 362 valence electrons. The molecule has 0 atom stereocenters. The van der Waals surface area contributed by atoms with Crippen LogP contribution >= 0.6 is 0 Å². The molecule has 0 spiro atoms. The van der Waals surface area contributed by atoms with Gasteiger partial charge in [0.05, 0.1) is 0 Å². The molecule has 0 fully saturated rings. The van der Waals surface area contributed by atoms with Gasteiger partial charge < -0.3 is 24.3 Å². The molecule has 0 aliphatic heterocycles. The van der Waals surface area contributed by atoms with E-state index in [2.05, 4.69) is 19.2 Å². The number of ether oxygens (including phenoxy) is 4. The number of carbonyl (C=O) groups excluding carboxylic acids is 5. The summed E-state index contributed by atoms with van der Waals surface area (Å²) in [6.45, 7) is 5.69. The third-order valence-electron chi connectivity index (χ3n) is 11.5. The van der Waals surface area contributed by atoms with Gasteiger partial charge in [0.1, 0.15) is 19.0 Å². The summed E-state index contributed by atoms with van der Waals surface area (Å²) >= 11 is 0. The second-order valence-corrected chi connectivity index (χ2v) is 17.8. The van der Waals surface area contributed by atoms with Gasteiger partial charge in [0, 0.05) is 38.3 Å². The molecule has 63 heavy (non-hydrogen) atoms. The van der Waals surface area contributed by atoms with E-state index in [9.17, 15) is 24.0 Å². The topological polar surface area (TPSA) is 134 Å². The zero-order valence-electron chi connectivity index (χ0n) is 40.4. The Bertz CT molecular complexity index is 1240. The molecular formula is C53H91NO9. The number of rotatable bonds is 44. The summed E-state index contributed by atoms with van der Waals surface area (Å²) in [5.41, 5.74) is 0.641. The predicted octanol–water partition coefficient (Wildman–Crippen LogP) is 14.6. The Morgan fingerprint density at radius 3 is 1.05 bits per heavy atom. The lowest BCUT2D eigenvalue weighted by molar-refractivity contribution is -0.167. The summed E-state index contributed by atoms with van der Waals surface area (Å²) < 4.78 is 22.1. The van der Waals surface area contributed by atoms with E-state index in [-0.39, 0.29) is 43.4 Å². The molecule has 1 N–H and O–H groups in total. The van der Waals surface area contributed by atoms with Crippen LogP contribution in [0.2, 0.25) is 0 Å². The van der Waals surface area contributed by atoms with Gasteiger partial charge in [-0.1, -0.05) is 194 Å². The maximum Gasteiger partial charge on any atom is 0.311 e. The fourth-order valence-corrected chi connectivity index (χ4v) is 7.69. The number of benzene rings is 1. The molecule has 0 heterocycles. The van der Waals surface area contributed by atoms with Crippen LogP contribution < -0.4 is 10.1 Å². The molecule has 1 amide bonds. The van der Waals surface area contributed by atoms with Crippen LogP contribution in [0.3, 0.4) is 0 Å². The summed E-state index contributed by atoms with van der Waals surface area (Å²) in [6.07, 6.45) is 37.4. The quantitative estimate of drug-likeness (QED) is 0.0294. The Balaban J connectivity index is 2.32. The van der Waals surface area contributed by atoms with Gasteiger partial charge in [-0.25, -0.2) is 0 Å². The summed E-state index contributed by atoms with van der Waals surface area (Å²) in [7, 11) is 0. The van der Waals surface area contributed by atoms with Crippen molar-refractivity contribution in [1.82, 2.24) is 0 Å². The molecule has 0 saturated carbocycles. The first kappa shape index (κ1) is 57.6. The van der Waals surface area contributed by atoms with E-state index < -0.39 is 12.1 Å². The largest absolute Gasteiger partial charge is 0.462 e. The van der Waals surface area contributed by atoms with Crippen LogP contribution in [-0.4, -0.2) is 49.1 Å². The monoisotopic (exact) mass is 886 g/mol.